The first kappa shape index (κ1) is 22.5. The molecule has 3 rings (SSSR count). The smallest absolute Gasteiger partial charge is 0.243 e. The standard InChI is InChI=1S/C24H26N2O4S/c1-18-9-7-8-12-22(18)25-24(27)17-26(16-20-10-5-4-6-11-20)31(28,29)21-13-14-23(30-3)19(2)15-21/h4-15H,16-17H2,1-3H3,(H,25,27). The van der Waals surface area contributed by atoms with Crippen molar-refractivity contribution >= 4 is 21.6 Å². The van der Waals surface area contributed by atoms with Crippen LogP contribution in [0.1, 0.15) is 16.7 Å². The molecule has 0 atom stereocenters. The first-order valence-electron chi connectivity index (χ1n) is 9.85. The number of benzene rings is 3. The highest BCUT2D eigenvalue weighted by molar-refractivity contribution is 7.89. The molecular weight excluding hydrogens is 412 g/mol. The number of para-hydroxylation sites is 1. The van der Waals surface area contributed by atoms with Crippen LogP contribution in [-0.2, 0) is 21.4 Å². The van der Waals surface area contributed by atoms with E-state index in [1.807, 2.05) is 55.5 Å². The Hall–Kier alpha value is -3.16. The Kier molecular flexibility index (Phi) is 7.09. The lowest BCUT2D eigenvalue weighted by molar-refractivity contribution is -0.116. The Morgan fingerprint density at radius 2 is 1.61 bits per heavy atom. The molecule has 0 aliphatic rings. The summed E-state index contributed by atoms with van der Waals surface area (Å²) in [5.74, 6) is 0.199. The molecule has 0 aromatic heterocycles. The summed E-state index contributed by atoms with van der Waals surface area (Å²) >= 11 is 0. The van der Waals surface area contributed by atoms with E-state index >= 15 is 0 Å². The van der Waals surface area contributed by atoms with Gasteiger partial charge in [-0.1, -0.05) is 48.5 Å². The summed E-state index contributed by atoms with van der Waals surface area (Å²) < 4.78 is 33.3. The number of sulfonamides is 1. The summed E-state index contributed by atoms with van der Waals surface area (Å²) in [6.07, 6.45) is 0. The molecule has 6 nitrogen and oxygen atoms in total. The zero-order valence-electron chi connectivity index (χ0n) is 17.8. The number of hydrogen-bond acceptors (Lipinski definition) is 4. The van der Waals surface area contributed by atoms with Gasteiger partial charge in [-0.3, -0.25) is 4.79 Å². The molecule has 0 unspecified atom stereocenters. The van der Waals surface area contributed by atoms with Gasteiger partial charge in [0.2, 0.25) is 15.9 Å². The molecule has 0 fully saturated rings. The van der Waals surface area contributed by atoms with Crippen molar-refractivity contribution < 1.29 is 17.9 Å². The number of nitrogens with zero attached hydrogens (tertiary/aromatic N) is 1. The molecule has 0 saturated carbocycles. The number of carbonyl (C=O) groups is 1. The summed E-state index contributed by atoms with van der Waals surface area (Å²) in [5, 5.41) is 2.81. The van der Waals surface area contributed by atoms with Crippen LogP contribution >= 0.6 is 0 Å². The Balaban J connectivity index is 1.91. The minimum atomic E-state index is -3.93. The van der Waals surface area contributed by atoms with E-state index in [0.717, 1.165) is 11.1 Å². The van der Waals surface area contributed by atoms with Crippen molar-refractivity contribution in [2.45, 2.75) is 25.3 Å². The van der Waals surface area contributed by atoms with Gasteiger partial charge in [-0.2, -0.15) is 4.31 Å². The fraction of sp³-hybridized carbons (Fsp3) is 0.208. The number of nitrogens with one attached hydrogen (secondary N) is 1. The van der Waals surface area contributed by atoms with E-state index in [2.05, 4.69) is 5.32 Å². The number of methoxy groups -OCH3 is 1. The molecule has 1 amide bonds. The number of hydrogen-bond donors (Lipinski definition) is 1. The topological polar surface area (TPSA) is 75.7 Å². The number of amides is 1. The van der Waals surface area contributed by atoms with Crippen molar-refractivity contribution in [3.63, 3.8) is 0 Å². The number of anilines is 1. The van der Waals surface area contributed by atoms with Gasteiger partial charge in [-0.15, -0.1) is 0 Å². The lowest BCUT2D eigenvalue weighted by Gasteiger charge is -2.23. The molecule has 0 radical (unpaired) electrons. The molecule has 0 spiro atoms. The number of ether oxygens (including phenoxy) is 1. The van der Waals surface area contributed by atoms with Crippen LogP contribution in [0, 0.1) is 13.8 Å². The van der Waals surface area contributed by atoms with Crippen LogP contribution in [-0.4, -0.2) is 32.3 Å². The first-order valence-corrected chi connectivity index (χ1v) is 11.3. The summed E-state index contributed by atoms with van der Waals surface area (Å²) in [7, 11) is -2.39. The molecular formula is C24H26N2O4S. The Labute approximate surface area is 183 Å². The maximum Gasteiger partial charge on any atom is 0.243 e. The van der Waals surface area contributed by atoms with Crippen molar-refractivity contribution in [2.24, 2.45) is 0 Å². The Morgan fingerprint density at radius 3 is 2.26 bits per heavy atom. The van der Waals surface area contributed by atoms with E-state index in [4.69, 9.17) is 4.74 Å². The van der Waals surface area contributed by atoms with Crippen molar-refractivity contribution in [1.29, 1.82) is 0 Å². The average molecular weight is 439 g/mol. The zero-order chi connectivity index (χ0) is 22.4. The van der Waals surface area contributed by atoms with Gasteiger partial charge < -0.3 is 10.1 Å². The maximum atomic E-state index is 13.4. The van der Waals surface area contributed by atoms with Crippen LogP contribution in [0.4, 0.5) is 5.69 Å². The Morgan fingerprint density at radius 1 is 0.935 bits per heavy atom. The molecule has 3 aromatic rings. The summed E-state index contributed by atoms with van der Waals surface area (Å²) in [5.41, 5.74) is 3.05. The van der Waals surface area contributed by atoms with Gasteiger partial charge in [0.05, 0.1) is 18.6 Å². The Bertz CT molecular complexity index is 1160. The van der Waals surface area contributed by atoms with Crippen molar-refractivity contribution in [3.8, 4) is 5.75 Å². The molecule has 7 heteroatoms. The number of carbonyl (C=O) groups excluding carboxylic acids is 1. The van der Waals surface area contributed by atoms with Gasteiger partial charge in [0.25, 0.3) is 0 Å². The third kappa shape index (κ3) is 5.51. The third-order valence-electron chi connectivity index (χ3n) is 4.94. The second kappa shape index (κ2) is 9.76. The van der Waals surface area contributed by atoms with Crippen LogP contribution in [0.3, 0.4) is 0 Å². The highest BCUT2D eigenvalue weighted by Crippen LogP contribution is 2.25. The van der Waals surface area contributed by atoms with E-state index < -0.39 is 15.9 Å². The van der Waals surface area contributed by atoms with Gasteiger partial charge in [0.15, 0.2) is 0 Å². The highest BCUT2D eigenvalue weighted by Gasteiger charge is 2.27. The molecule has 31 heavy (non-hydrogen) atoms. The molecule has 0 bridgehead atoms. The van der Waals surface area contributed by atoms with Gasteiger partial charge in [0, 0.05) is 12.2 Å². The van der Waals surface area contributed by atoms with Crippen LogP contribution in [0.5, 0.6) is 5.75 Å². The largest absolute Gasteiger partial charge is 0.496 e. The predicted octanol–water partition coefficient (Wildman–Crippen LogP) is 4.14. The minimum Gasteiger partial charge on any atom is -0.496 e. The van der Waals surface area contributed by atoms with Crippen LogP contribution in [0.2, 0.25) is 0 Å². The van der Waals surface area contributed by atoms with Crippen molar-refractivity contribution in [3.05, 3.63) is 89.5 Å². The molecule has 0 saturated heterocycles. The van der Waals surface area contributed by atoms with E-state index in [1.54, 1.807) is 25.1 Å². The fourth-order valence-corrected chi connectivity index (χ4v) is 4.71. The summed E-state index contributed by atoms with van der Waals surface area (Å²) in [4.78, 5) is 12.9. The average Bonchev–Trinajstić information content (AvgIpc) is 2.75. The van der Waals surface area contributed by atoms with Gasteiger partial charge in [-0.05, 0) is 54.8 Å². The predicted molar refractivity (Wildman–Crippen MR) is 122 cm³/mol. The molecule has 0 heterocycles. The third-order valence-corrected chi connectivity index (χ3v) is 6.73. The fourth-order valence-electron chi connectivity index (χ4n) is 3.24. The SMILES string of the molecule is COc1ccc(S(=O)(=O)N(CC(=O)Nc2ccccc2C)Cc2ccccc2)cc1C. The lowest BCUT2D eigenvalue weighted by Crippen LogP contribution is -2.37. The molecule has 162 valence electrons. The summed E-state index contributed by atoms with van der Waals surface area (Å²) in [6.45, 7) is 3.44. The van der Waals surface area contributed by atoms with Crippen molar-refractivity contribution in [1.82, 2.24) is 4.31 Å². The van der Waals surface area contributed by atoms with Crippen LogP contribution in [0.15, 0.2) is 77.7 Å². The maximum absolute atomic E-state index is 13.4. The second-order valence-electron chi connectivity index (χ2n) is 7.25. The monoisotopic (exact) mass is 438 g/mol. The molecule has 0 aliphatic carbocycles. The highest BCUT2D eigenvalue weighted by atomic mass is 32.2. The van der Waals surface area contributed by atoms with Crippen LogP contribution < -0.4 is 10.1 Å². The van der Waals surface area contributed by atoms with E-state index in [0.29, 0.717) is 17.0 Å². The molecule has 1 N–H and O–H groups in total. The van der Waals surface area contributed by atoms with E-state index in [1.165, 1.54) is 17.5 Å². The van der Waals surface area contributed by atoms with Gasteiger partial charge in [0.1, 0.15) is 5.75 Å². The van der Waals surface area contributed by atoms with Gasteiger partial charge >= 0.3 is 0 Å². The van der Waals surface area contributed by atoms with Gasteiger partial charge in [-0.25, -0.2) is 8.42 Å². The lowest BCUT2D eigenvalue weighted by atomic mass is 10.2. The normalized spacial score (nSPS) is 11.4. The molecule has 3 aromatic carbocycles. The zero-order valence-corrected chi connectivity index (χ0v) is 18.6. The van der Waals surface area contributed by atoms with E-state index in [9.17, 15) is 13.2 Å². The van der Waals surface area contributed by atoms with Crippen molar-refractivity contribution in [2.75, 3.05) is 19.0 Å². The van der Waals surface area contributed by atoms with Crippen LogP contribution in [0.25, 0.3) is 0 Å². The van der Waals surface area contributed by atoms with E-state index in [-0.39, 0.29) is 18.0 Å². The number of rotatable bonds is 8. The number of aryl methyl sites for hydroxylation is 2. The minimum absolute atomic E-state index is 0.0788. The molecule has 0 aliphatic heterocycles. The quantitative estimate of drug-likeness (QED) is 0.574. The second-order valence-corrected chi connectivity index (χ2v) is 9.19. The first-order chi connectivity index (χ1) is 14.8. The summed E-state index contributed by atoms with van der Waals surface area (Å²) in [6, 6.07) is 21.3.